The SMILES string of the molecule is C[C@@H](N[S+]([O-])C(C)(C)C)[C@H]1Cc2cc(F)cc(CCl)c2O1. The lowest BCUT2D eigenvalue weighted by molar-refractivity contribution is 0.196. The smallest absolute Gasteiger partial charge is 0.136 e. The Labute approximate surface area is 133 Å². The zero-order valence-electron chi connectivity index (χ0n) is 12.7. The van der Waals surface area contributed by atoms with Gasteiger partial charge in [-0.25, -0.2) is 4.39 Å². The van der Waals surface area contributed by atoms with Crippen LogP contribution in [0.15, 0.2) is 12.1 Å². The van der Waals surface area contributed by atoms with Crippen molar-refractivity contribution in [3.63, 3.8) is 0 Å². The third-order valence-electron chi connectivity index (χ3n) is 3.45. The Balaban J connectivity index is 2.09. The van der Waals surface area contributed by atoms with E-state index < -0.39 is 11.4 Å². The molecular formula is C15H21ClFNO2S. The molecule has 1 unspecified atom stereocenters. The molecule has 1 heterocycles. The van der Waals surface area contributed by atoms with E-state index in [0.717, 1.165) is 5.56 Å². The highest BCUT2D eigenvalue weighted by molar-refractivity contribution is 7.90. The summed E-state index contributed by atoms with van der Waals surface area (Å²) in [5.41, 5.74) is 1.49. The zero-order chi connectivity index (χ0) is 15.8. The normalized spacial score (nSPS) is 20.8. The lowest BCUT2D eigenvalue weighted by atomic mass is 10.0. The van der Waals surface area contributed by atoms with E-state index in [-0.39, 0.29) is 28.6 Å². The van der Waals surface area contributed by atoms with Crippen LogP contribution in [-0.2, 0) is 23.7 Å². The molecule has 1 aromatic rings. The molecule has 0 fully saturated rings. The number of ether oxygens (including phenoxy) is 1. The topological polar surface area (TPSA) is 44.3 Å². The first-order chi connectivity index (χ1) is 9.72. The van der Waals surface area contributed by atoms with Gasteiger partial charge in [0.05, 0.1) is 11.9 Å². The highest BCUT2D eigenvalue weighted by Crippen LogP contribution is 2.35. The first-order valence-electron chi connectivity index (χ1n) is 6.94. The summed E-state index contributed by atoms with van der Waals surface area (Å²) in [7, 11) is 0. The number of halogens is 2. The fourth-order valence-electron chi connectivity index (χ4n) is 2.22. The van der Waals surface area contributed by atoms with Gasteiger partial charge in [0.2, 0.25) is 0 Å². The first-order valence-corrected chi connectivity index (χ1v) is 8.62. The van der Waals surface area contributed by atoms with Crippen molar-refractivity contribution in [3.05, 3.63) is 29.1 Å². The molecule has 1 aromatic carbocycles. The highest BCUT2D eigenvalue weighted by atomic mass is 35.5. The molecule has 0 aliphatic carbocycles. The molecule has 0 saturated carbocycles. The van der Waals surface area contributed by atoms with E-state index in [4.69, 9.17) is 16.3 Å². The van der Waals surface area contributed by atoms with E-state index in [1.165, 1.54) is 12.1 Å². The fraction of sp³-hybridized carbons (Fsp3) is 0.600. The maximum Gasteiger partial charge on any atom is 0.136 e. The van der Waals surface area contributed by atoms with Gasteiger partial charge >= 0.3 is 0 Å². The largest absolute Gasteiger partial charge is 0.598 e. The number of hydrogen-bond acceptors (Lipinski definition) is 3. The monoisotopic (exact) mass is 333 g/mol. The molecule has 0 radical (unpaired) electrons. The van der Waals surface area contributed by atoms with Crippen LogP contribution >= 0.6 is 11.6 Å². The van der Waals surface area contributed by atoms with Gasteiger partial charge in [-0.1, -0.05) is 0 Å². The molecule has 2 rings (SSSR count). The van der Waals surface area contributed by atoms with Gasteiger partial charge in [-0.2, -0.15) is 0 Å². The number of nitrogens with one attached hydrogen (secondary N) is 1. The summed E-state index contributed by atoms with van der Waals surface area (Å²) >= 11 is 4.67. The molecule has 1 aliphatic rings. The summed E-state index contributed by atoms with van der Waals surface area (Å²) in [6, 6.07) is 2.78. The third kappa shape index (κ3) is 3.83. The van der Waals surface area contributed by atoms with E-state index in [0.29, 0.717) is 17.7 Å². The quantitative estimate of drug-likeness (QED) is 0.679. The molecule has 0 saturated heterocycles. The van der Waals surface area contributed by atoms with Gasteiger partial charge in [0.15, 0.2) is 0 Å². The van der Waals surface area contributed by atoms with Gasteiger partial charge in [-0.3, -0.25) is 0 Å². The minimum atomic E-state index is -1.17. The summed E-state index contributed by atoms with van der Waals surface area (Å²) in [6.45, 7) is 7.66. The number of hydrogen-bond donors (Lipinski definition) is 1. The molecule has 0 amide bonds. The van der Waals surface area contributed by atoms with Crippen LogP contribution in [0.4, 0.5) is 4.39 Å². The summed E-state index contributed by atoms with van der Waals surface area (Å²) in [5.74, 6) is 0.585. The van der Waals surface area contributed by atoms with Crippen LogP contribution in [0.2, 0.25) is 0 Å². The minimum absolute atomic E-state index is 0.108. The lowest BCUT2D eigenvalue weighted by Crippen LogP contribution is -2.49. The van der Waals surface area contributed by atoms with Crippen molar-refractivity contribution in [2.75, 3.05) is 0 Å². The van der Waals surface area contributed by atoms with Crippen molar-refractivity contribution in [2.45, 2.75) is 56.9 Å². The Morgan fingerprint density at radius 1 is 1.52 bits per heavy atom. The summed E-state index contributed by atoms with van der Waals surface area (Å²) in [6.07, 6.45) is 0.419. The van der Waals surface area contributed by atoms with Crippen LogP contribution in [0.1, 0.15) is 38.8 Å². The number of benzene rings is 1. The van der Waals surface area contributed by atoms with Crippen LogP contribution in [0.3, 0.4) is 0 Å². The summed E-state index contributed by atoms with van der Waals surface area (Å²) in [4.78, 5) is 0. The predicted octanol–water partition coefficient (Wildman–Crippen LogP) is 3.31. The third-order valence-corrected chi connectivity index (χ3v) is 5.43. The minimum Gasteiger partial charge on any atom is -0.598 e. The van der Waals surface area contributed by atoms with Crippen molar-refractivity contribution >= 4 is 23.0 Å². The summed E-state index contributed by atoms with van der Waals surface area (Å²) in [5, 5.41) is 0. The highest BCUT2D eigenvalue weighted by Gasteiger charge is 2.35. The molecule has 6 heteroatoms. The van der Waals surface area contributed by atoms with Crippen LogP contribution in [0, 0.1) is 5.82 Å². The Kier molecular flexibility index (Phi) is 5.08. The second kappa shape index (κ2) is 6.32. The van der Waals surface area contributed by atoms with E-state index >= 15 is 0 Å². The summed E-state index contributed by atoms with van der Waals surface area (Å²) < 4.78 is 34.3. The van der Waals surface area contributed by atoms with Crippen LogP contribution in [0.25, 0.3) is 0 Å². The second-order valence-electron chi connectivity index (χ2n) is 6.33. The van der Waals surface area contributed by atoms with Crippen molar-refractivity contribution in [1.29, 1.82) is 0 Å². The predicted molar refractivity (Wildman–Crippen MR) is 84.6 cm³/mol. The molecule has 0 aromatic heterocycles. The van der Waals surface area contributed by atoms with Crippen molar-refractivity contribution < 1.29 is 13.7 Å². The van der Waals surface area contributed by atoms with E-state index in [2.05, 4.69) is 4.72 Å². The fourth-order valence-corrected chi connectivity index (χ4v) is 3.27. The molecule has 118 valence electrons. The Bertz CT molecular complexity index is 521. The van der Waals surface area contributed by atoms with Crippen LogP contribution in [0.5, 0.6) is 5.75 Å². The van der Waals surface area contributed by atoms with Gasteiger partial charge in [0.1, 0.15) is 22.4 Å². The number of fused-ring (bicyclic) bond motifs is 1. The van der Waals surface area contributed by atoms with Gasteiger partial charge in [0, 0.05) is 28.9 Å². The van der Waals surface area contributed by atoms with Crippen molar-refractivity contribution in [1.82, 2.24) is 4.72 Å². The molecule has 3 nitrogen and oxygen atoms in total. The van der Waals surface area contributed by atoms with Gasteiger partial charge in [0.25, 0.3) is 0 Å². The molecule has 0 spiro atoms. The molecule has 3 atom stereocenters. The Hall–Kier alpha value is -0.490. The van der Waals surface area contributed by atoms with E-state index in [1.54, 1.807) is 0 Å². The number of rotatable bonds is 4. The van der Waals surface area contributed by atoms with E-state index in [1.807, 2.05) is 27.7 Å². The second-order valence-corrected chi connectivity index (χ2v) is 8.60. The number of alkyl halides is 1. The zero-order valence-corrected chi connectivity index (χ0v) is 14.3. The average molecular weight is 334 g/mol. The maximum absolute atomic E-state index is 13.5. The molecule has 1 aliphatic heterocycles. The van der Waals surface area contributed by atoms with Crippen molar-refractivity contribution in [3.8, 4) is 5.75 Å². The molecule has 21 heavy (non-hydrogen) atoms. The standard InChI is InChI=1S/C15H21ClFNO2S/c1-9(18-21(19)15(2,3)4)13-7-10-5-12(17)6-11(8-16)14(10)20-13/h5-6,9,13,18H,7-8H2,1-4H3/t9-,13-,21?/m1/s1. The first kappa shape index (κ1) is 16.9. The Morgan fingerprint density at radius 2 is 2.19 bits per heavy atom. The Morgan fingerprint density at radius 3 is 2.76 bits per heavy atom. The lowest BCUT2D eigenvalue weighted by Gasteiger charge is -2.28. The maximum atomic E-state index is 13.5. The van der Waals surface area contributed by atoms with Gasteiger partial charge in [-0.15, -0.1) is 16.3 Å². The molecular weight excluding hydrogens is 313 g/mol. The van der Waals surface area contributed by atoms with Crippen LogP contribution < -0.4 is 9.46 Å². The van der Waals surface area contributed by atoms with Crippen molar-refractivity contribution in [2.24, 2.45) is 0 Å². The molecule has 0 bridgehead atoms. The molecule has 1 N–H and O–H groups in total. The van der Waals surface area contributed by atoms with Gasteiger partial charge in [-0.05, 0) is 39.8 Å². The van der Waals surface area contributed by atoms with Crippen LogP contribution in [-0.4, -0.2) is 21.4 Å². The average Bonchev–Trinajstić information content (AvgIpc) is 2.80. The van der Waals surface area contributed by atoms with Gasteiger partial charge < -0.3 is 9.29 Å². The van der Waals surface area contributed by atoms with E-state index in [9.17, 15) is 8.94 Å².